The van der Waals surface area contributed by atoms with E-state index < -0.39 is 0 Å². The number of halogens is 1. The summed E-state index contributed by atoms with van der Waals surface area (Å²) in [7, 11) is 0. The molecule has 1 amide bonds. The third-order valence-corrected chi connectivity index (χ3v) is 3.40. The quantitative estimate of drug-likeness (QED) is 0.442. The van der Waals surface area contributed by atoms with Gasteiger partial charge in [0.2, 0.25) is 5.91 Å². The van der Waals surface area contributed by atoms with Crippen LogP contribution < -0.4 is 10.2 Å². The molecule has 0 bridgehead atoms. The number of amides is 1. The Hall–Kier alpha value is -1.07. The number of anilines is 1. The molecule has 0 radical (unpaired) electrons. The molecule has 0 aromatic heterocycles. The van der Waals surface area contributed by atoms with Crippen molar-refractivity contribution in [3.05, 3.63) is 24.3 Å². The van der Waals surface area contributed by atoms with Crippen LogP contribution in [0.2, 0.25) is 0 Å². The zero-order valence-corrected chi connectivity index (χ0v) is 14.9. The highest BCUT2D eigenvalue weighted by Crippen LogP contribution is 2.23. The summed E-state index contributed by atoms with van der Waals surface area (Å²) >= 11 is 3.46. The standard InChI is InChI=1S/C16H24BrNO3/c1-6-15(2,3)14(19)18-12-7-9-13(10-8-12)21-20-11-16(4,5)17/h7-10H,6,11H2,1-5H3,(H,18,19). The first-order chi connectivity index (χ1) is 9.64. The molecule has 0 atom stereocenters. The van der Waals surface area contributed by atoms with Crippen molar-refractivity contribution >= 4 is 27.5 Å². The molecule has 4 nitrogen and oxygen atoms in total. The molecule has 1 N–H and O–H groups in total. The van der Waals surface area contributed by atoms with Gasteiger partial charge < -0.3 is 10.2 Å². The molecule has 0 aliphatic heterocycles. The zero-order valence-electron chi connectivity index (χ0n) is 13.3. The van der Waals surface area contributed by atoms with Crippen molar-refractivity contribution in [3.8, 4) is 5.75 Å². The average Bonchev–Trinajstić information content (AvgIpc) is 2.39. The van der Waals surface area contributed by atoms with E-state index in [0.717, 1.165) is 12.1 Å². The SMILES string of the molecule is CCC(C)(C)C(=O)Nc1ccc(OOCC(C)(C)Br)cc1. The molecule has 0 aliphatic carbocycles. The average molecular weight is 358 g/mol. The second-order valence-corrected chi connectivity index (χ2v) is 8.43. The Balaban J connectivity index is 2.53. The van der Waals surface area contributed by atoms with Crippen LogP contribution in [0.1, 0.15) is 41.0 Å². The molecule has 0 aliphatic rings. The normalized spacial score (nSPS) is 12.1. The molecular formula is C16H24BrNO3. The topological polar surface area (TPSA) is 47.6 Å². The van der Waals surface area contributed by atoms with Gasteiger partial charge in [-0.1, -0.05) is 36.7 Å². The molecule has 0 saturated heterocycles. The zero-order chi connectivity index (χ0) is 16.1. The monoisotopic (exact) mass is 357 g/mol. The van der Waals surface area contributed by atoms with Gasteiger partial charge >= 0.3 is 0 Å². The first kappa shape index (κ1) is 18.0. The summed E-state index contributed by atoms with van der Waals surface area (Å²) in [6.07, 6.45) is 0.788. The molecule has 5 heteroatoms. The molecule has 1 rings (SSSR count). The van der Waals surface area contributed by atoms with Gasteiger partial charge in [-0.25, -0.2) is 0 Å². The number of rotatable bonds is 7. The highest BCUT2D eigenvalue weighted by molar-refractivity contribution is 9.10. The fourth-order valence-corrected chi connectivity index (χ4v) is 1.39. The maximum atomic E-state index is 12.1. The minimum Gasteiger partial charge on any atom is -0.338 e. The predicted octanol–water partition coefficient (Wildman–Crippen LogP) is 4.55. The van der Waals surface area contributed by atoms with E-state index in [9.17, 15) is 4.79 Å². The molecule has 0 unspecified atom stereocenters. The fourth-order valence-electron chi connectivity index (χ4n) is 1.29. The number of hydrogen-bond donors (Lipinski definition) is 1. The van der Waals surface area contributed by atoms with Gasteiger partial charge in [-0.05, 0) is 44.5 Å². The summed E-state index contributed by atoms with van der Waals surface area (Å²) in [5.74, 6) is 0.607. The molecule has 21 heavy (non-hydrogen) atoms. The van der Waals surface area contributed by atoms with Crippen LogP contribution >= 0.6 is 15.9 Å². The Labute approximate surface area is 135 Å². The van der Waals surface area contributed by atoms with Gasteiger partial charge in [0.1, 0.15) is 6.61 Å². The molecule has 1 aromatic carbocycles. The van der Waals surface area contributed by atoms with Gasteiger partial charge in [-0.3, -0.25) is 4.79 Å². The minimum atomic E-state index is -0.375. The van der Waals surface area contributed by atoms with Crippen LogP contribution in [0.3, 0.4) is 0 Å². The second kappa shape index (κ2) is 7.27. The van der Waals surface area contributed by atoms with E-state index in [1.54, 1.807) is 24.3 Å². The Kier molecular flexibility index (Phi) is 6.23. The van der Waals surface area contributed by atoms with Gasteiger partial charge in [-0.2, -0.15) is 4.89 Å². The number of benzene rings is 1. The summed E-state index contributed by atoms with van der Waals surface area (Å²) in [4.78, 5) is 22.4. The lowest BCUT2D eigenvalue weighted by atomic mass is 9.89. The second-order valence-electron chi connectivity index (χ2n) is 6.28. The van der Waals surface area contributed by atoms with Crippen LogP contribution in [0, 0.1) is 5.41 Å². The maximum Gasteiger partial charge on any atom is 0.230 e. The van der Waals surface area contributed by atoms with E-state index in [2.05, 4.69) is 21.2 Å². The van der Waals surface area contributed by atoms with Crippen molar-refractivity contribution in [1.82, 2.24) is 0 Å². The lowest BCUT2D eigenvalue weighted by molar-refractivity contribution is -0.210. The Bertz CT molecular complexity index is 463. The van der Waals surface area contributed by atoms with E-state index in [1.807, 2.05) is 34.6 Å². The van der Waals surface area contributed by atoms with E-state index in [-0.39, 0.29) is 15.6 Å². The molecule has 0 fully saturated rings. The van der Waals surface area contributed by atoms with Gasteiger partial charge in [0.25, 0.3) is 0 Å². The van der Waals surface area contributed by atoms with Crippen molar-refractivity contribution in [2.45, 2.75) is 45.4 Å². The van der Waals surface area contributed by atoms with Crippen LogP contribution in [0.4, 0.5) is 5.69 Å². The minimum absolute atomic E-state index is 0.0101. The first-order valence-electron chi connectivity index (χ1n) is 7.04. The van der Waals surface area contributed by atoms with Crippen LogP contribution in [-0.4, -0.2) is 16.8 Å². The highest BCUT2D eigenvalue weighted by Gasteiger charge is 2.25. The van der Waals surface area contributed by atoms with Crippen molar-refractivity contribution in [1.29, 1.82) is 0 Å². The molecule has 0 spiro atoms. The number of carbonyl (C=O) groups is 1. The molecule has 0 heterocycles. The Morgan fingerprint density at radius 1 is 1.19 bits per heavy atom. The van der Waals surface area contributed by atoms with Crippen molar-refractivity contribution in [2.75, 3.05) is 11.9 Å². The summed E-state index contributed by atoms with van der Waals surface area (Å²) < 4.78 is -0.132. The van der Waals surface area contributed by atoms with E-state index in [1.165, 1.54) is 0 Å². The number of alkyl halides is 1. The Morgan fingerprint density at radius 2 is 1.76 bits per heavy atom. The van der Waals surface area contributed by atoms with Gasteiger partial charge in [0.05, 0.1) is 0 Å². The highest BCUT2D eigenvalue weighted by atomic mass is 79.9. The summed E-state index contributed by atoms with van der Waals surface area (Å²) in [5, 5.41) is 2.90. The van der Waals surface area contributed by atoms with Crippen molar-refractivity contribution in [2.24, 2.45) is 5.41 Å². The lowest BCUT2D eigenvalue weighted by Crippen LogP contribution is -2.29. The summed E-state index contributed by atoms with van der Waals surface area (Å²) in [5.41, 5.74) is 0.370. The van der Waals surface area contributed by atoms with E-state index >= 15 is 0 Å². The molecule has 118 valence electrons. The van der Waals surface area contributed by atoms with Gasteiger partial charge in [-0.15, -0.1) is 0 Å². The Morgan fingerprint density at radius 3 is 2.24 bits per heavy atom. The van der Waals surface area contributed by atoms with Crippen LogP contribution in [0.5, 0.6) is 5.75 Å². The third kappa shape index (κ3) is 6.48. The smallest absolute Gasteiger partial charge is 0.230 e. The van der Waals surface area contributed by atoms with Crippen molar-refractivity contribution < 1.29 is 14.6 Å². The lowest BCUT2D eigenvalue weighted by Gasteiger charge is -2.21. The number of hydrogen-bond acceptors (Lipinski definition) is 3. The van der Waals surface area contributed by atoms with Crippen LogP contribution in [0.25, 0.3) is 0 Å². The predicted molar refractivity (Wildman–Crippen MR) is 88.7 cm³/mol. The summed E-state index contributed by atoms with van der Waals surface area (Å²) in [6, 6.07) is 7.11. The van der Waals surface area contributed by atoms with Crippen molar-refractivity contribution in [3.63, 3.8) is 0 Å². The van der Waals surface area contributed by atoms with Gasteiger partial charge in [0, 0.05) is 15.4 Å². The molecule has 1 aromatic rings. The van der Waals surface area contributed by atoms with Crippen LogP contribution in [-0.2, 0) is 9.68 Å². The fraction of sp³-hybridized carbons (Fsp3) is 0.562. The maximum absolute atomic E-state index is 12.1. The third-order valence-electron chi connectivity index (χ3n) is 3.17. The summed E-state index contributed by atoms with van der Waals surface area (Å²) in [6.45, 7) is 10.3. The molecular weight excluding hydrogens is 334 g/mol. The number of nitrogens with one attached hydrogen (secondary N) is 1. The van der Waals surface area contributed by atoms with Crippen LogP contribution in [0.15, 0.2) is 24.3 Å². The van der Waals surface area contributed by atoms with E-state index in [4.69, 9.17) is 9.78 Å². The molecule has 0 saturated carbocycles. The largest absolute Gasteiger partial charge is 0.338 e. The van der Waals surface area contributed by atoms with E-state index in [0.29, 0.717) is 12.4 Å². The van der Waals surface area contributed by atoms with Gasteiger partial charge in [0.15, 0.2) is 5.75 Å². The number of carbonyl (C=O) groups excluding carboxylic acids is 1. The first-order valence-corrected chi connectivity index (χ1v) is 7.83.